The fraction of sp³-hybridized carbons (Fsp3) is 0.308. The summed E-state index contributed by atoms with van der Waals surface area (Å²) < 4.78 is 43.8. The van der Waals surface area contributed by atoms with Gasteiger partial charge in [-0.15, -0.1) is 11.3 Å². The molecule has 7 heteroatoms. The number of aryl methyl sites for hydroxylation is 1. The average molecular weight is 302 g/mol. The second kappa shape index (κ2) is 5.70. The highest BCUT2D eigenvalue weighted by molar-refractivity contribution is 7.09. The lowest BCUT2D eigenvalue weighted by atomic mass is 10.1. The predicted octanol–water partition coefficient (Wildman–Crippen LogP) is 3.67. The minimum Gasteiger partial charge on any atom is -0.493 e. The number of rotatable bonds is 4. The molecular formula is C13H13F3N2OS. The van der Waals surface area contributed by atoms with Crippen LogP contribution in [0.25, 0.3) is 0 Å². The highest BCUT2D eigenvalue weighted by atomic mass is 32.1. The van der Waals surface area contributed by atoms with Crippen LogP contribution in [0, 0.1) is 6.92 Å². The van der Waals surface area contributed by atoms with E-state index in [2.05, 4.69) is 4.98 Å². The standard InChI is InChI=1S/C13H13F3N2OS/c1-8-12(20-7-18-8)4-5-19-11-3-2-9(17)6-10(11)13(14,15)16/h2-3,6-7H,4-5,17H2,1H3. The molecule has 0 atom stereocenters. The van der Waals surface area contributed by atoms with Crippen molar-refractivity contribution in [3.8, 4) is 5.75 Å². The van der Waals surface area contributed by atoms with Crippen LogP contribution in [0.3, 0.4) is 0 Å². The van der Waals surface area contributed by atoms with E-state index in [0.29, 0.717) is 6.42 Å². The molecule has 0 saturated carbocycles. The number of ether oxygens (including phenoxy) is 1. The fourth-order valence-corrected chi connectivity index (χ4v) is 2.48. The molecule has 0 aliphatic rings. The quantitative estimate of drug-likeness (QED) is 0.877. The zero-order valence-corrected chi connectivity index (χ0v) is 11.5. The third-order valence-corrected chi connectivity index (χ3v) is 3.74. The molecule has 108 valence electrons. The van der Waals surface area contributed by atoms with Gasteiger partial charge in [-0.3, -0.25) is 0 Å². The van der Waals surface area contributed by atoms with Gasteiger partial charge < -0.3 is 10.5 Å². The van der Waals surface area contributed by atoms with Gasteiger partial charge in [0, 0.05) is 17.0 Å². The number of alkyl halides is 3. The van der Waals surface area contributed by atoms with Crippen molar-refractivity contribution in [2.45, 2.75) is 19.5 Å². The number of thiazole rings is 1. The highest BCUT2D eigenvalue weighted by Gasteiger charge is 2.34. The van der Waals surface area contributed by atoms with Gasteiger partial charge in [-0.2, -0.15) is 13.2 Å². The van der Waals surface area contributed by atoms with Crippen molar-refractivity contribution in [2.75, 3.05) is 12.3 Å². The van der Waals surface area contributed by atoms with Gasteiger partial charge >= 0.3 is 6.18 Å². The maximum Gasteiger partial charge on any atom is 0.420 e. The first-order valence-electron chi connectivity index (χ1n) is 5.86. The molecule has 0 spiro atoms. The van der Waals surface area contributed by atoms with E-state index in [1.165, 1.54) is 23.5 Å². The van der Waals surface area contributed by atoms with Crippen LogP contribution in [0.5, 0.6) is 5.75 Å². The molecule has 20 heavy (non-hydrogen) atoms. The van der Waals surface area contributed by atoms with Crippen molar-refractivity contribution in [1.82, 2.24) is 4.98 Å². The summed E-state index contributed by atoms with van der Waals surface area (Å²) in [5.41, 5.74) is 7.18. The maximum absolute atomic E-state index is 12.8. The Bertz CT molecular complexity index is 596. The van der Waals surface area contributed by atoms with Crippen LogP contribution in [0.2, 0.25) is 0 Å². The lowest BCUT2D eigenvalue weighted by Crippen LogP contribution is -2.11. The SMILES string of the molecule is Cc1ncsc1CCOc1ccc(N)cc1C(F)(F)F. The predicted molar refractivity (Wildman–Crippen MR) is 71.9 cm³/mol. The number of hydrogen-bond acceptors (Lipinski definition) is 4. The number of benzene rings is 1. The molecule has 1 aromatic heterocycles. The Morgan fingerprint density at radius 2 is 2.10 bits per heavy atom. The maximum atomic E-state index is 12.8. The van der Waals surface area contributed by atoms with Crippen molar-refractivity contribution in [2.24, 2.45) is 0 Å². The fourth-order valence-electron chi connectivity index (χ4n) is 1.71. The number of halogens is 3. The lowest BCUT2D eigenvalue weighted by molar-refractivity contribution is -0.138. The minimum atomic E-state index is -4.48. The van der Waals surface area contributed by atoms with E-state index in [1.807, 2.05) is 6.92 Å². The zero-order valence-electron chi connectivity index (χ0n) is 10.7. The van der Waals surface area contributed by atoms with Crippen LogP contribution < -0.4 is 10.5 Å². The van der Waals surface area contributed by atoms with Crippen molar-refractivity contribution in [3.05, 3.63) is 39.8 Å². The van der Waals surface area contributed by atoms with E-state index in [9.17, 15) is 13.2 Å². The van der Waals surface area contributed by atoms with Gasteiger partial charge in [0.25, 0.3) is 0 Å². The summed E-state index contributed by atoms with van der Waals surface area (Å²) in [7, 11) is 0. The van der Waals surface area contributed by atoms with E-state index < -0.39 is 11.7 Å². The van der Waals surface area contributed by atoms with E-state index in [1.54, 1.807) is 5.51 Å². The van der Waals surface area contributed by atoms with Crippen LogP contribution in [0.4, 0.5) is 18.9 Å². The molecule has 1 aromatic carbocycles. The minimum absolute atomic E-state index is 0.0583. The lowest BCUT2D eigenvalue weighted by Gasteiger charge is -2.14. The van der Waals surface area contributed by atoms with E-state index in [-0.39, 0.29) is 18.0 Å². The van der Waals surface area contributed by atoms with Gasteiger partial charge in [0.2, 0.25) is 0 Å². The summed E-state index contributed by atoms with van der Waals surface area (Å²) in [5.74, 6) is -0.200. The first kappa shape index (κ1) is 14.6. The molecule has 1 heterocycles. The van der Waals surface area contributed by atoms with Crippen molar-refractivity contribution in [3.63, 3.8) is 0 Å². The van der Waals surface area contributed by atoms with Crippen LogP contribution in [0.1, 0.15) is 16.1 Å². The van der Waals surface area contributed by atoms with Crippen LogP contribution >= 0.6 is 11.3 Å². The number of anilines is 1. The highest BCUT2D eigenvalue weighted by Crippen LogP contribution is 2.37. The summed E-state index contributed by atoms with van der Waals surface area (Å²) >= 11 is 1.46. The molecule has 2 N–H and O–H groups in total. The summed E-state index contributed by atoms with van der Waals surface area (Å²) in [6.07, 6.45) is -3.96. The zero-order chi connectivity index (χ0) is 14.8. The number of nitrogens with zero attached hydrogens (tertiary/aromatic N) is 1. The average Bonchev–Trinajstić information content (AvgIpc) is 2.76. The summed E-state index contributed by atoms with van der Waals surface area (Å²) in [6.45, 7) is 2.02. The second-order valence-electron chi connectivity index (χ2n) is 4.21. The van der Waals surface area contributed by atoms with Gasteiger partial charge in [0.1, 0.15) is 5.75 Å². The molecular weight excluding hydrogens is 289 g/mol. The first-order valence-corrected chi connectivity index (χ1v) is 6.74. The third-order valence-electron chi connectivity index (χ3n) is 2.74. The van der Waals surface area contributed by atoms with E-state index in [0.717, 1.165) is 16.6 Å². The van der Waals surface area contributed by atoms with Crippen LogP contribution in [-0.2, 0) is 12.6 Å². The summed E-state index contributed by atoms with van der Waals surface area (Å²) in [5, 5.41) is 0. The van der Waals surface area contributed by atoms with Crippen LogP contribution in [-0.4, -0.2) is 11.6 Å². The van der Waals surface area contributed by atoms with Crippen molar-refractivity contribution >= 4 is 17.0 Å². The Balaban J connectivity index is 2.08. The smallest absolute Gasteiger partial charge is 0.420 e. The van der Waals surface area contributed by atoms with Crippen molar-refractivity contribution in [1.29, 1.82) is 0 Å². The molecule has 0 radical (unpaired) electrons. The molecule has 2 aromatic rings. The Labute approximate surface area is 118 Å². The first-order chi connectivity index (χ1) is 9.38. The Morgan fingerprint density at radius 3 is 2.70 bits per heavy atom. The largest absolute Gasteiger partial charge is 0.493 e. The molecule has 0 amide bonds. The Morgan fingerprint density at radius 1 is 1.35 bits per heavy atom. The van der Waals surface area contributed by atoms with Gasteiger partial charge in [-0.25, -0.2) is 4.98 Å². The molecule has 3 nitrogen and oxygen atoms in total. The molecule has 0 fully saturated rings. The number of nitrogens with two attached hydrogens (primary N) is 1. The Hall–Kier alpha value is -1.76. The third kappa shape index (κ3) is 3.41. The molecule has 0 aliphatic carbocycles. The topological polar surface area (TPSA) is 48.1 Å². The van der Waals surface area contributed by atoms with Crippen LogP contribution in [0.15, 0.2) is 23.7 Å². The van der Waals surface area contributed by atoms with Gasteiger partial charge in [-0.05, 0) is 25.1 Å². The number of nitrogen functional groups attached to an aromatic ring is 1. The molecule has 0 aliphatic heterocycles. The van der Waals surface area contributed by atoms with E-state index >= 15 is 0 Å². The molecule has 2 rings (SSSR count). The normalized spacial score (nSPS) is 11.6. The number of hydrogen-bond donors (Lipinski definition) is 1. The number of aromatic nitrogens is 1. The molecule has 0 saturated heterocycles. The monoisotopic (exact) mass is 302 g/mol. The van der Waals surface area contributed by atoms with Gasteiger partial charge in [0.15, 0.2) is 0 Å². The Kier molecular flexibility index (Phi) is 4.17. The molecule has 0 bridgehead atoms. The summed E-state index contributed by atoms with van der Waals surface area (Å²) in [6, 6.07) is 3.52. The van der Waals surface area contributed by atoms with Gasteiger partial charge in [0.05, 0.1) is 23.4 Å². The van der Waals surface area contributed by atoms with Gasteiger partial charge in [-0.1, -0.05) is 0 Å². The van der Waals surface area contributed by atoms with Crippen molar-refractivity contribution < 1.29 is 17.9 Å². The summed E-state index contributed by atoms with van der Waals surface area (Å²) in [4.78, 5) is 5.09. The second-order valence-corrected chi connectivity index (χ2v) is 5.15. The van der Waals surface area contributed by atoms with E-state index in [4.69, 9.17) is 10.5 Å². The molecule has 0 unspecified atom stereocenters.